The highest BCUT2D eigenvalue weighted by Gasteiger charge is 2.12. The summed E-state index contributed by atoms with van der Waals surface area (Å²) in [4.78, 5) is 11.2. The standard InChI is InChI=1S/C17H14O2/c18-17(19)16-8-4-7-14-11-13(9-10-15(14)16)12-5-2-1-3-6-12/h1-5,7-12H,6H2,(H,18,19). The fourth-order valence-electron chi connectivity index (χ4n) is 2.55. The van der Waals surface area contributed by atoms with E-state index in [1.165, 1.54) is 5.56 Å². The highest BCUT2D eigenvalue weighted by molar-refractivity contribution is 6.03. The van der Waals surface area contributed by atoms with E-state index >= 15 is 0 Å². The molecule has 2 aromatic carbocycles. The monoisotopic (exact) mass is 250 g/mol. The van der Waals surface area contributed by atoms with E-state index in [2.05, 4.69) is 30.4 Å². The van der Waals surface area contributed by atoms with Crippen molar-refractivity contribution in [3.05, 3.63) is 71.8 Å². The zero-order chi connectivity index (χ0) is 13.2. The van der Waals surface area contributed by atoms with Crippen LogP contribution in [0.2, 0.25) is 0 Å². The molecule has 0 aliphatic heterocycles. The third kappa shape index (κ3) is 2.17. The van der Waals surface area contributed by atoms with Gasteiger partial charge in [0, 0.05) is 5.92 Å². The van der Waals surface area contributed by atoms with Crippen LogP contribution in [0, 0.1) is 0 Å². The number of rotatable bonds is 2. The number of carbonyl (C=O) groups is 1. The van der Waals surface area contributed by atoms with Crippen LogP contribution < -0.4 is 0 Å². The molecule has 0 saturated heterocycles. The van der Waals surface area contributed by atoms with Crippen LogP contribution in [0.5, 0.6) is 0 Å². The second-order valence-electron chi connectivity index (χ2n) is 4.75. The molecule has 0 aromatic heterocycles. The number of carboxylic acid groups (broad SMARTS) is 1. The molecular weight excluding hydrogens is 236 g/mol. The van der Waals surface area contributed by atoms with Gasteiger partial charge in [0.1, 0.15) is 0 Å². The van der Waals surface area contributed by atoms with Crippen LogP contribution in [0.25, 0.3) is 10.8 Å². The highest BCUT2D eigenvalue weighted by Crippen LogP contribution is 2.28. The molecule has 3 rings (SSSR count). The first-order chi connectivity index (χ1) is 9.25. The Balaban J connectivity index is 2.09. The van der Waals surface area contributed by atoms with E-state index < -0.39 is 5.97 Å². The summed E-state index contributed by atoms with van der Waals surface area (Å²) < 4.78 is 0. The van der Waals surface area contributed by atoms with Crippen molar-refractivity contribution < 1.29 is 9.90 Å². The van der Waals surface area contributed by atoms with Crippen LogP contribution in [0.1, 0.15) is 28.3 Å². The molecule has 0 fully saturated rings. The molecule has 2 nitrogen and oxygen atoms in total. The van der Waals surface area contributed by atoms with E-state index in [1.807, 2.05) is 18.2 Å². The number of carboxylic acids is 1. The van der Waals surface area contributed by atoms with Crippen molar-refractivity contribution >= 4 is 16.7 Å². The highest BCUT2D eigenvalue weighted by atomic mass is 16.4. The predicted molar refractivity (Wildman–Crippen MR) is 76.5 cm³/mol. The van der Waals surface area contributed by atoms with E-state index in [4.69, 9.17) is 0 Å². The van der Waals surface area contributed by atoms with Crippen molar-refractivity contribution in [2.75, 3.05) is 0 Å². The van der Waals surface area contributed by atoms with Gasteiger partial charge < -0.3 is 5.11 Å². The van der Waals surface area contributed by atoms with Crippen LogP contribution in [0.3, 0.4) is 0 Å². The molecule has 1 aliphatic rings. The number of aromatic carboxylic acids is 1. The Bertz CT molecular complexity index is 695. The lowest BCUT2D eigenvalue weighted by Gasteiger charge is -2.14. The van der Waals surface area contributed by atoms with E-state index in [1.54, 1.807) is 12.1 Å². The van der Waals surface area contributed by atoms with E-state index in [-0.39, 0.29) is 0 Å². The summed E-state index contributed by atoms with van der Waals surface area (Å²) in [7, 11) is 0. The average Bonchev–Trinajstić information content (AvgIpc) is 2.47. The van der Waals surface area contributed by atoms with Crippen molar-refractivity contribution in [1.82, 2.24) is 0 Å². The summed E-state index contributed by atoms with van der Waals surface area (Å²) in [6.45, 7) is 0. The smallest absolute Gasteiger partial charge is 0.336 e. The summed E-state index contributed by atoms with van der Waals surface area (Å²) in [6, 6.07) is 11.5. The van der Waals surface area contributed by atoms with Crippen LogP contribution in [-0.4, -0.2) is 11.1 Å². The van der Waals surface area contributed by atoms with Gasteiger partial charge in [-0.1, -0.05) is 54.6 Å². The number of allylic oxidation sites excluding steroid dienone is 4. The molecule has 0 bridgehead atoms. The average molecular weight is 250 g/mol. The maximum Gasteiger partial charge on any atom is 0.336 e. The van der Waals surface area contributed by atoms with Crippen LogP contribution >= 0.6 is 0 Å². The van der Waals surface area contributed by atoms with Crippen molar-refractivity contribution in [3.63, 3.8) is 0 Å². The zero-order valence-corrected chi connectivity index (χ0v) is 10.4. The summed E-state index contributed by atoms with van der Waals surface area (Å²) in [5, 5.41) is 11.0. The predicted octanol–water partition coefficient (Wildman–Crippen LogP) is 4.14. The lowest BCUT2D eigenvalue weighted by molar-refractivity contribution is 0.0699. The molecule has 1 atom stereocenters. The third-order valence-electron chi connectivity index (χ3n) is 3.54. The molecular formula is C17H14O2. The minimum absolute atomic E-state index is 0.364. The molecule has 0 amide bonds. The van der Waals surface area contributed by atoms with Gasteiger partial charge in [0.25, 0.3) is 0 Å². The van der Waals surface area contributed by atoms with Gasteiger partial charge in [0.05, 0.1) is 5.56 Å². The Morgan fingerprint density at radius 3 is 2.79 bits per heavy atom. The molecule has 19 heavy (non-hydrogen) atoms. The molecule has 0 radical (unpaired) electrons. The van der Waals surface area contributed by atoms with Gasteiger partial charge in [-0.2, -0.15) is 0 Å². The third-order valence-corrected chi connectivity index (χ3v) is 3.54. The van der Waals surface area contributed by atoms with Crippen molar-refractivity contribution in [3.8, 4) is 0 Å². The fraction of sp³-hybridized carbons (Fsp3) is 0.118. The van der Waals surface area contributed by atoms with Gasteiger partial charge in [-0.05, 0) is 28.8 Å². The lowest BCUT2D eigenvalue weighted by Crippen LogP contribution is -1.99. The number of benzene rings is 2. The Labute approximate surface area is 111 Å². The Kier molecular flexibility index (Phi) is 2.92. The summed E-state index contributed by atoms with van der Waals surface area (Å²) in [5.74, 6) is -0.485. The van der Waals surface area contributed by atoms with Crippen molar-refractivity contribution in [1.29, 1.82) is 0 Å². The van der Waals surface area contributed by atoms with Crippen LogP contribution in [0.15, 0.2) is 60.7 Å². The van der Waals surface area contributed by atoms with E-state index in [0.29, 0.717) is 11.5 Å². The molecule has 2 aromatic rings. The van der Waals surface area contributed by atoms with E-state index in [9.17, 15) is 9.90 Å². The van der Waals surface area contributed by atoms with Gasteiger partial charge in [-0.15, -0.1) is 0 Å². The maximum absolute atomic E-state index is 11.2. The lowest BCUT2D eigenvalue weighted by atomic mass is 9.90. The second-order valence-corrected chi connectivity index (χ2v) is 4.75. The summed E-state index contributed by atoms with van der Waals surface area (Å²) in [5.41, 5.74) is 1.60. The van der Waals surface area contributed by atoms with Gasteiger partial charge in [-0.25, -0.2) is 4.79 Å². The minimum atomic E-state index is -0.876. The molecule has 0 spiro atoms. The van der Waals surface area contributed by atoms with Crippen molar-refractivity contribution in [2.24, 2.45) is 0 Å². The maximum atomic E-state index is 11.2. The van der Waals surface area contributed by atoms with Crippen LogP contribution in [-0.2, 0) is 0 Å². The molecule has 1 unspecified atom stereocenters. The van der Waals surface area contributed by atoms with E-state index in [0.717, 1.165) is 17.2 Å². The Morgan fingerprint density at radius 2 is 2.05 bits per heavy atom. The molecule has 1 N–H and O–H groups in total. The normalized spacial score (nSPS) is 17.8. The fourth-order valence-corrected chi connectivity index (χ4v) is 2.55. The van der Waals surface area contributed by atoms with Crippen LogP contribution in [0.4, 0.5) is 0 Å². The zero-order valence-electron chi connectivity index (χ0n) is 10.4. The molecule has 94 valence electrons. The summed E-state index contributed by atoms with van der Waals surface area (Å²) >= 11 is 0. The molecule has 1 aliphatic carbocycles. The SMILES string of the molecule is O=C(O)c1cccc2cc(C3C=CC=CC3)ccc12. The number of hydrogen-bond acceptors (Lipinski definition) is 1. The first kappa shape index (κ1) is 11.7. The van der Waals surface area contributed by atoms with Gasteiger partial charge in [0.2, 0.25) is 0 Å². The second kappa shape index (κ2) is 4.73. The first-order valence-electron chi connectivity index (χ1n) is 6.35. The largest absolute Gasteiger partial charge is 0.478 e. The van der Waals surface area contributed by atoms with Gasteiger partial charge >= 0.3 is 5.97 Å². The molecule has 0 saturated carbocycles. The first-order valence-corrected chi connectivity index (χ1v) is 6.35. The molecule has 0 heterocycles. The quantitative estimate of drug-likeness (QED) is 0.869. The minimum Gasteiger partial charge on any atom is -0.478 e. The van der Waals surface area contributed by atoms with Gasteiger partial charge in [-0.3, -0.25) is 0 Å². The van der Waals surface area contributed by atoms with Crippen molar-refractivity contribution in [2.45, 2.75) is 12.3 Å². The topological polar surface area (TPSA) is 37.3 Å². The Hall–Kier alpha value is -2.35. The number of fused-ring (bicyclic) bond motifs is 1. The Morgan fingerprint density at radius 1 is 1.16 bits per heavy atom. The summed E-state index contributed by atoms with van der Waals surface area (Å²) in [6.07, 6.45) is 9.46. The number of hydrogen-bond donors (Lipinski definition) is 1. The molecule has 2 heteroatoms. The van der Waals surface area contributed by atoms with Gasteiger partial charge in [0.15, 0.2) is 0 Å².